The lowest BCUT2D eigenvalue weighted by Gasteiger charge is -2.12. The molecule has 142 valence electrons. The Morgan fingerprint density at radius 1 is 1.37 bits per heavy atom. The summed E-state index contributed by atoms with van der Waals surface area (Å²) in [6, 6.07) is 9.46. The number of benzene rings is 1. The third-order valence-electron chi connectivity index (χ3n) is 3.82. The minimum atomic E-state index is -0.154. The molecule has 7 nitrogen and oxygen atoms in total. The predicted molar refractivity (Wildman–Crippen MR) is 107 cm³/mol. The molecule has 3 aromatic rings. The van der Waals surface area contributed by atoms with Gasteiger partial charge in [-0.3, -0.25) is 14.5 Å². The van der Waals surface area contributed by atoms with Crippen molar-refractivity contribution in [2.24, 2.45) is 0 Å². The maximum absolute atomic E-state index is 12.4. The quantitative estimate of drug-likeness (QED) is 0.563. The Bertz CT molecular complexity index is 963. The van der Waals surface area contributed by atoms with Crippen LogP contribution in [0, 0.1) is 4.77 Å². The van der Waals surface area contributed by atoms with E-state index in [1.165, 1.54) is 0 Å². The first-order chi connectivity index (χ1) is 13.1. The van der Waals surface area contributed by atoms with Gasteiger partial charge in [0.15, 0.2) is 22.1 Å². The molecule has 0 saturated carbocycles. The maximum atomic E-state index is 12.4. The zero-order valence-electron chi connectivity index (χ0n) is 15.0. The van der Waals surface area contributed by atoms with Gasteiger partial charge in [0.05, 0.1) is 18.6 Å². The normalized spacial score (nSPS) is 10.6. The number of hydrogen-bond donors (Lipinski definition) is 2. The molecule has 2 aromatic heterocycles. The molecule has 3 rings (SSSR count). The Kier molecular flexibility index (Phi) is 6.25. The van der Waals surface area contributed by atoms with Crippen molar-refractivity contribution in [3.63, 3.8) is 0 Å². The van der Waals surface area contributed by atoms with Gasteiger partial charge in [0.2, 0.25) is 5.91 Å². The van der Waals surface area contributed by atoms with Crippen LogP contribution in [0.15, 0.2) is 35.7 Å². The van der Waals surface area contributed by atoms with Gasteiger partial charge in [-0.1, -0.05) is 12.1 Å². The molecule has 9 heteroatoms. The van der Waals surface area contributed by atoms with E-state index in [4.69, 9.17) is 21.7 Å². The van der Waals surface area contributed by atoms with Gasteiger partial charge in [-0.15, -0.1) is 11.3 Å². The average Bonchev–Trinajstić information content (AvgIpc) is 3.31. The van der Waals surface area contributed by atoms with Crippen LogP contribution in [-0.2, 0) is 17.9 Å². The Morgan fingerprint density at radius 2 is 2.22 bits per heavy atom. The van der Waals surface area contributed by atoms with E-state index in [-0.39, 0.29) is 12.5 Å². The second-order valence-electron chi connectivity index (χ2n) is 5.61. The first-order valence-corrected chi connectivity index (χ1v) is 9.66. The molecule has 0 fully saturated rings. The van der Waals surface area contributed by atoms with Crippen LogP contribution in [0.3, 0.4) is 0 Å². The number of aromatic amines is 1. The van der Waals surface area contributed by atoms with Crippen LogP contribution in [0.5, 0.6) is 11.5 Å². The largest absolute Gasteiger partial charge is 0.493 e. The molecule has 1 aromatic carbocycles. The average molecular weight is 405 g/mol. The highest BCUT2D eigenvalue weighted by molar-refractivity contribution is 7.71. The molecule has 0 aliphatic heterocycles. The predicted octanol–water partition coefficient (Wildman–Crippen LogP) is 3.39. The molecule has 0 atom stereocenters. The lowest BCUT2D eigenvalue weighted by atomic mass is 10.2. The number of carbonyl (C=O) groups excluding carboxylic acids is 1. The fraction of sp³-hybridized carbons (Fsp3) is 0.278. The van der Waals surface area contributed by atoms with Gasteiger partial charge in [-0.2, -0.15) is 5.10 Å². The van der Waals surface area contributed by atoms with E-state index in [0.717, 1.165) is 10.4 Å². The van der Waals surface area contributed by atoms with Crippen molar-refractivity contribution in [2.75, 3.05) is 13.7 Å². The van der Waals surface area contributed by atoms with Crippen molar-refractivity contribution < 1.29 is 14.3 Å². The molecule has 1 amide bonds. The van der Waals surface area contributed by atoms with E-state index in [2.05, 4.69) is 15.5 Å². The number of aromatic nitrogens is 3. The number of nitrogens with zero attached hydrogens (tertiary/aromatic N) is 2. The Balaban J connectivity index is 1.66. The summed E-state index contributed by atoms with van der Waals surface area (Å²) in [5.74, 6) is 1.83. The number of hydrogen-bond acceptors (Lipinski definition) is 6. The maximum Gasteiger partial charge on any atom is 0.240 e. The van der Waals surface area contributed by atoms with Gasteiger partial charge in [-0.25, -0.2) is 0 Å². The first kappa shape index (κ1) is 19.1. The standard InChI is InChI=1S/C18H20N4O3S2/c1-3-25-13-7-6-12(9-14(13)24-2)10-19-16(23)11-22-17(20-21-18(22)26)15-5-4-8-27-15/h4-9H,3,10-11H2,1-2H3,(H,19,23)(H,21,26). The number of methoxy groups -OCH3 is 1. The van der Waals surface area contributed by atoms with E-state index in [1.807, 2.05) is 42.6 Å². The van der Waals surface area contributed by atoms with Crippen LogP contribution in [0.1, 0.15) is 12.5 Å². The minimum absolute atomic E-state index is 0.0940. The van der Waals surface area contributed by atoms with Crippen molar-refractivity contribution >= 4 is 29.5 Å². The SMILES string of the molecule is CCOc1ccc(CNC(=O)Cn2c(-c3cccs3)n[nH]c2=S)cc1OC. The number of carbonyl (C=O) groups is 1. The van der Waals surface area contributed by atoms with Crippen LogP contribution in [0.2, 0.25) is 0 Å². The van der Waals surface area contributed by atoms with E-state index in [0.29, 0.717) is 35.2 Å². The lowest BCUT2D eigenvalue weighted by molar-refractivity contribution is -0.121. The number of ether oxygens (including phenoxy) is 2. The molecule has 0 radical (unpaired) electrons. The number of thiophene rings is 1. The molecule has 0 saturated heterocycles. The third-order valence-corrected chi connectivity index (χ3v) is 5.00. The van der Waals surface area contributed by atoms with Crippen LogP contribution < -0.4 is 14.8 Å². The third kappa shape index (κ3) is 4.55. The van der Waals surface area contributed by atoms with Crippen molar-refractivity contribution in [2.45, 2.75) is 20.0 Å². The molecule has 27 heavy (non-hydrogen) atoms. The monoisotopic (exact) mass is 404 g/mol. The summed E-state index contributed by atoms with van der Waals surface area (Å²) in [6.07, 6.45) is 0. The highest BCUT2D eigenvalue weighted by atomic mass is 32.1. The summed E-state index contributed by atoms with van der Waals surface area (Å²) in [5, 5.41) is 11.8. The summed E-state index contributed by atoms with van der Waals surface area (Å²) in [7, 11) is 1.59. The van der Waals surface area contributed by atoms with Gasteiger partial charge in [0.25, 0.3) is 0 Å². The lowest BCUT2D eigenvalue weighted by Crippen LogP contribution is -2.27. The second kappa shape index (κ2) is 8.83. The molecule has 0 aliphatic rings. The van der Waals surface area contributed by atoms with Crippen molar-refractivity contribution in [1.29, 1.82) is 0 Å². The van der Waals surface area contributed by atoms with Crippen LogP contribution >= 0.6 is 23.6 Å². The van der Waals surface area contributed by atoms with E-state index < -0.39 is 0 Å². The Hall–Kier alpha value is -2.65. The number of H-pyrrole nitrogens is 1. The molecule has 0 unspecified atom stereocenters. The summed E-state index contributed by atoms with van der Waals surface area (Å²) in [5.41, 5.74) is 0.915. The fourth-order valence-corrected chi connectivity index (χ4v) is 3.47. The topological polar surface area (TPSA) is 81.2 Å². The smallest absolute Gasteiger partial charge is 0.240 e. The van der Waals surface area contributed by atoms with Gasteiger partial charge < -0.3 is 14.8 Å². The van der Waals surface area contributed by atoms with Crippen molar-refractivity contribution in [3.8, 4) is 22.2 Å². The van der Waals surface area contributed by atoms with Crippen LogP contribution in [0.25, 0.3) is 10.7 Å². The number of amides is 1. The van der Waals surface area contributed by atoms with Gasteiger partial charge >= 0.3 is 0 Å². The van der Waals surface area contributed by atoms with Crippen molar-refractivity contribution in [3.05, 3.63) is 46.0 Å². The van der Waals surface area contributed by atoms with E-state index >= 15 is 0 Å². The summed E-state index contributed by atoms with van der Waals surface area (Å²) in [4.78, 5) is 13.4. The zero-order chi connectivity index (χ0) is 19.2. The molecule has 0 bridgehead atoms. The van der Waals surface area contributed by atoms with Gasteiger partial charge in [0.1, 0.15) is 6.54 Å². The first-order valence-electron chi connectivity index (χ1n) is 8.38. The van der Waals surface area contributed by atoms with Crippen molar-refractivity contribution in [1.82, 2.24) is 20.1 Å². The Labute approximate surface area is 165 Å². The molecule has 2 heterocycles. The van der Waals surface area contributed by atoms with Crippen LogP contribution in [0.4, 0.5) is 0 Å². The molecular formula is C18H20N4O3S2. The Morgan fingerprint density at radius 3 is 2.93 bits per heavy atom. The van der Waals surface area contributed by atoms with Crippen LogP contribution in [-0.4, -0.2) is 34.4 Å². The summed E-state index contributed by atoms with van der Waals surface area (Å²) in [6.45, 7) is 2.95. The highest BCUT2D eigenvalue weighted by Crippen LogP contribution is 2.28. The second-order valence-corrected chi connectivity index (χ2v) is 6.95. The number of rotatable bonds is 8. The zero-order valence-corrected chi connectivity index (χ0v) is 16.7. The van der Waals surface area contributed by atoms with E-state index in [9.17, 15) is 4.79 Å². The van der Waals surface area contributed by atoms with E-state index in [1.54, 1.807) is 23.0 Å². The molecular weight excluding hydrogens is 384 g/mol. The highest BCUT2D eigenvalue weighted by Gasteiger charge is 2.13. The molecule has 0 spiro atoms. The minimum Gasteiger partial charge on any atom is -0.493 e. The number of nitrogens with one attached hydrogen (secondary N) is 2. The fourth-order valence-electron chi connectivity index (χ4n) is 2.56. The summed E-state index contributed by atoms with van der Waals surface area (Å²) >= 11 is 6.80. The van der Waals surface area contributed by atoms with Gasteiger partial charge in [-0.05, 0) is 48.3 Å². The summed E-state index contributed by atoms with van der Waals surface area (Å²) < 4.78 is 12.9. The molecule has 0 aliphatic carbocycles. The molecule has 2 N–H and O–H groups in total. The van der Waals surface area contributed by atoms with Gasteiger partial charge in [0, 0.05) is 6.54 Å².